The van der Waals surface area contributed by atoms with Gasteiger partial charge in [-0.1, -0.05) is 18.2 Å². The molecule has 4 rings (SSSR count). The van der Waals surface area contributed by atoms with E-state index in [4.69, 9.17) is 5.10 Å². The third-order valence-electron chi connectivity index (χ3n) is 4.13. The van der Waals surface area contributed by atoms with E-state index in [9.17, 15) is 0 Å². The first-order chi connectivity index (χ1) is 9.83. The van der Waals surface area contributed by atoms with Crippen molar-refractivity contribution < 1.29 is 0 Å². The lowest BCUT2D eigenvalue weighted by Crippen LogP contribution is -2.14. The number of nitrogens with one attached hydrogen (secondary N) is 2. The molecular formula is C16H18N4. The largest absolute Gasteiger partial charge is 0.361 e. The van der Waals surface area contributed by atoms with Crippen LogP contribution in [0.2, 0.25) is 0 Å². The van der Waals surface area contributed by atoms with Gasteiger partial charge in [0.2, 0.25) is 0 Å². The number of benzene rings is 1. The fourth-order valence-corrected chi connectivity index (χ4v) is 3.18. The summed E-state index contributed by atoms with van der Waals surface area (Å²) in [6.07, 6.45) is 6.63. The van der Waals surface area contributed by atoms with Crippen LogP contribution in [0.15, 0.2) is 36.7 Å². The van der Waals surface area contributed by atoms with Gasteiger partial charge in [0.15, 0.2) is 0 Å². The zero-order valence-corrected chi connectivity index (χ0v) is 11.6. The summed E-state index contributed by atoms with van der Waals surface area (Å²) in [5.41, 5.74) is 4.84. The highest BCUT2D eigenvalue weighted by Crippen LogP contribution is 2.35. The standard InChI is InChI=1S/C16H18N4/c1-20-10-13(16(19-20)15-7-4-8-17-15)12-9-18-14-6-3-2-5-11(12)14/h2-3,5-6,9-10,15,17-18H,4,7-8H2,1H3. The van der Waals surface area contributed by atoms with Crippen molar-refractivity contribution in [1.29, 1.82) is 0 Å². The van der Waals surface area contributed by atoms with E-state index in [-0.39, 0.29) is 0 Å². The van der Waals surface area contributed by atoms with Gasteiger partial charge < -0.3 is 10.3 Å². The molecule has 1 fully saturated rings. The minimum atomic E-state index is 0.389. The summed E-state index contributed by atoms with van der Waals surface area (Å²) in [6, 6.07) is 8.82. The number of nitrogens with zero attached hydrogens (tertiary/aromatic N) is 2. The molecule has 2 aromatic heterocycles. The number of para-hydroxylation sites is 1. The van der Waals surface area contributed by atoms with Crippen LogP contribution in [0, 0.1) is 0 Å². The highest BCUT2D eigenvalue weighted by atomic mass is 15.3. The smallest absolute Gasteiger partial charge is 0.0872 e. The average Bonchev–Trinajstić information content (AvgIpc) is 3.16. The summed E-state index contributed by atoms with van der Waals surface area (Å²) in [5, 5.41) is 9.51. The lowest BCUT2D eigenvalue weighted by atomic mass is 10.0. The van der Waals surface area contributed by atoms with E-state index >= 15 is 0 Å². The number of H-pyrrole nitrogens is 1. The quantitative estimate of drug-likeness (QED) is 0.749. The van der Waals surface area contributed by atoms with Gasteiger partial charge in [-0.15, -0.1) is 0 Å². The zero-order valence-electron chi connectivity index (χ0n) is 11.6. The van der Waals surface area contributed by atoms with Crippen LogP contribution in [0.3, 0.4) is 0 Å². The molecule has 0 radical (unpaired) electrons. The third kappa shape index (κ3) is 1.76. The molecular weight excluding hydrogens is 248 g/mol. The Balaban J connectivity index is 1.89. The van der Waals surface area contributed by atoms with Crippen molar-refractivity contribution in [3.63, 3.8) is 0 Å². The van der Waals surface area contributed by atoms with Gasteiger partial charge in [-0.2, -0.15) is 5.10 Å². The molecule has 1 aromatic carbocycles. The SMILES string of the molecule is Cn1cc(-c2c[nH]c3ccccc23)c(C2CCCN2)n1. The van der Waals surface area contributed by atoms with E-state index in [1.54, 1.807) is 0 Å². The van der Waals surface area contributed by atoms with E-state index in [1.807, 2.05) is 11.7 Å². The van der Waals surface area contributed by atoms with E-state index < -0.39 is 0 Å². The fraction of sp³-hybridized carbons (Fsp3) is 0.312. The number of fused-ring (bicyclic) bond motifs is 1. The van der Waals surface area contributed by atoms with Crippen molar-refractivity contribution in [3.8, 4) is 11.1 Å². The lowest BCUT2D eigenvalue weighted by Gasteiger charge is -2.09. The Morgan fingerprint density at radius 1 is 1.25 bits per heavy atom. The van der Waals surface area contributed by atoms with Crippen LogP contribution in [0.4, 0.5) is 0 Å². The lowest BCUT2D eigenvalue weighted by molar-refractivity contribution is 0.607. The Bertz CT molecular complexity index is 747. The Labute approximate surface area is 117 Å². The van der Waals surface area contributed by atoms with Crippen molar-refractivity contribution in [1.82, 2.24) is 20.1 Å². The van der Waals surface area contributed by atoms with Crippen LogP contribution in [0.25, 0.3) is 22.0 Å². The first-order valence-electron chi connectivity index (χ1n) is 7.16. The average molecular weight is 266 g/mol. The molecule has 2 N–H and O–H groups in total. The van der Waals surface area contributed by atoms with Crippen molar-refractivity contribution in [3.05, 3.63) is 42.4 Å². The zero-order chi connectivity index (χ0) is 13.5. The molecule has 1 aliphatic heterocycles. The maximum atomic E-state index is 4.70. The Morgan fingerprint density at radius 2 is 2.15 bits per heavy atom. The van der Waals surface area contributed by atoms with Crippen LogP contribution >= 0.6 is 0 Å². The van der Waals surface area contributed by atoms with E-state index in [0.29, 0.717) is 6.04 Å². The second-order valence-corrected chi connectivity index (χ2v) is 5.50. The number of aromatic amines is 1. The Morgan fingerprint density at radius 3 is 3.00 bits per heavy atom. The molecule has 20 heavy (non-hydrogen) atoms. The van der Waals surface area contributed by atoms with Gasteiger partial charge in [-0.25, -0.2) is 0 Å². The molecule has 0 saturated carbocycles. The summed E-state index contributed by atoms with van der Waals surface area (Å²) in [6.45, 7) is 1.09. The summed E-state index contributed by atoms with van der Waals surface area (Å²) in [7, 11) is 2.00. The summed E-state index contributed by atoms with van der Waals surface area (Å²) in [5.74, 6) is 0. The molecule has 0 aliphatic carbocycles. The normalized spacial score (nSPS) is 18.9. The maximum Gasteiger partial charge on any atom is 0.0872 e. The Hall–Kier alpha value is -2.07. The topological polar surface area (TPSA) is 45.6 Å². The van der Waals surface area contributed by atoms with E-state index in [1.165, 1.54) is 40.6 Å². The number of hydrogen-bond acceptors (Lipinski definition) is 2. The van der Waals surface area contributed by atoms with Gasteiger partial charge >= 0.3 is 0 Å². The molecule has 1 aliphatic rings. The molecule has 1 atom stereocenters. The highest BCUT2D eigenvalue weighted by Gasteiger charge is 2.24. The number of hydrogen-bond donors (Lipinski definition) is 2. The molecule has 4 heteroatoms. The third-order valence-corrected chi connectivity index (χ3v) is 4.13. The summed E-state index contributed by atoms with van der Waals surface area (Å²) in [4.78, 5) is 3.36. The van der Waals surface area contributed by atoms with Gasteiger partial charge in [-0.05, 0) is 25.5 Å². The van der Waals surface area contributed by atoms with Crippen LogP contribution < -0.4 is 5.32 Å². The highest BCUT2D eigenvalue weighted by molar-refractivity contribution is 5.96. The van der Waals surface area contributed by atoms with Crippen LogP contribution in [-0.4, -0.2) is 21.3 Å². The fourth-order valence-electron chi connectivity index (χ4n) is 3.18. The first kappa shape index (κ1) is 11.7. The predicted molar refractivity (Wildman–Crippen MR) is 80.5 cm³/mol. The van der Waals surface area contributed by atoms with Crippen LogP contribution in [0.5, 0.6) is 0 Å². The minimum absolute atomic E-state index is 0.389. The van der Waals surface area contributed by atoms with Crippen LogP contribution in [0.1, 0.15) is 24.6 Å². The first-order valence-corrected chi connectivity index (χ1v) is 7.16. The van der Waals surface area contributed by atoms with Crippen molar-refractivity contribution in [2.45, 2.75) is 18.9 Å². The monoisotopic (exact) mass is 266 g/mol. The molecule has 0 bridgehead atoms. The van der Waals surface area contributed by atoms with Crippen molar-refractivity contribution in [2.75, 3.05) is 6.54 Å². The molecule has 3 aromatic rings. The van der Waals surface area contributed by atoms with E-state index in [0.717, 1.165) is 6.54 Å². The number of aryl methyl sites for hydroxylation is 1. The van der Waals surface area contributed by atoms with Crippen molar-refractivity contribution >= 4 is 10.9 Å². The Kier molecular flexibility index (Phi) is 2.63. The van der Waals surface area contributed by atoms with Gasteiger partial charge in [-0.3, -0.25) is 4.68 Å². The van der Waals surface area contributed by atoms with Gasteiger partial charge in [0.05, 0.1) is 11.7 Å². The molecule has 0 amide bonds. The molecule has 102 valence electrons. The molecule has 1 saturated heterocycles. The number of aromatic nitrogens is 3. The minimum Gasteiger partial charge on any atom is -0.361 e. The second kappa shape index (κ2) is 4.49. The summed E-state index contributed by atoms with van der Waals surface area (Å²) < 4.78 is 1.92. The van der Waals surface area contributed by atoms with Gasteiger partial charge in [0.25, 0.3) is 0 Å². The van der Waals surface area contributed by atoms with E-state index in [2.05, 4.69) is 47.0 Å². The van der Waals surface area contributed by atoms with Gasteiger partial charge in [0.1, 0.15) is 0 Å². The maximum absolute atomic E-state index is 4.70. The second-order valence-electron chi connectivity index (χ2n) is 5.50. The molecule has 0 spiro atoms. The van der Waals surface area contributed by atoms with Crippen LogP contribution in [-0.2, 0) is 7.05 Å². The predicted octanol–water partition coefficient (Wildman–Crippen LogP) is 2.99. The number of rotatable bonds is 2. The molecule has 3 heterocycles. The summed E-state index contributed by atoms with van der Waals surface area (Å²) >= 11 is 0. The molecule has 1 unspecified atom stereocenters. The van der Waals surface area contributed by atoms with Crippen molar-refractivity contribution in [2.24, 2.45) is 7.05 Å². The van der Waals surface area contributed by atoms with Gasteiger partial charge in [0, 0.05) is 41.5 Å². The molecule has 4 nitrogen and oxygen atoms in total.